The van der Waals surface area contributed by atoms with Gasteiger partial charge in [0.25, 0.3) is 5.56 Å². The number of halogens is 1. The van der Waals surface area contributed by atoms with Crippen LogP contribution in [0.1, 0.15) is 11.3 Å². The maximum absolute atomic E-state index is 12.9. The number of benzene rings is 1. The Morgan fingerprint density at radius 2 is 1.88 bits per heavy atom. The molecule has 0 atom stereocenters. The van der Waals surface area contributed by atoms with E-state index in [0.717, 1.165) is 30.1 Å². The molecule has 32 heavy (non-hydrogen) atoms. The van der Waals surface area contributed by atoms with Gasteiger partial charge >= 0.3 is 0 Å². The molecule has 4 rings (SSSR count). The van der Waals surface area contributed by atoms with Crippen molar-refractivity contribution in [3.8, 4) is 11.6 Å². The average molecular weight is 456 g/mol. The van der Waals surface area contributed by atoms with Crippen LogP contribution in [0.5, 0.6) is 5.75 Å². The zero-order valence-corrected chi connectivity index (χ0v) is 19.2. The van der Waals surface area contributed by atoms with Gasteiger partial charge in [0.1, 0.15) is 17.3 Å². The second-order valence-electron chi connectivity index (χ2n) is 7.81. The van der Waals surface area contributed by atoms with Crippen molar-refractivity contribution >= 4 is 23.2 Å². The van der Waals surface area contributed by atoms with Crippen molar-refractivity contribution in [3.63, 3.8) is 0 Å². The summed E-state index contributed by atoms with van der Waals surface area (Å²) in [6.45, 7) is 6.60. The van der Waals surface area contributed by atoms with E-state index >= 15 is 0 Å². The fraction of sp³-hybridized carbons (Fsp3) is 0.348. The summed E-state index contributed by atoms with van der Waals surface area (Å²) in [5, 5.41) is 4.81. The third-order valence-electron chi connectivity index (χ3n) is 5.84. The number of methoxy groups -OCH3 is 1. The molecule has 2 aromatic heterocycles. The van der Waals surface area contributed by atoms with Gasteiger partial charge in [0.15, 0.2) is 5.82 Å². The van der Waals surface area contributed by atoms with Gasteiger partial charge in [0.05, 0.1) is 12.8 Å². The maximum Gasteiger partial charge on any atom is 0.256 e. The summed E-state index contributed by atoms with van der Waals surface area (Å²) >= 11 is 6.43. The summed E-state index contributed by atoms with van der Waals surface area (Å²) in [4.78, 5) is 29.2. The smallest absolute Gasteiger partial charge is 0.256 e. The predicted molar refractivity (Wildman–Crippen MR) is 124 cm³/mol. The minimum Gasteiger partial charge on any atom is -0.496 e. The van der Waals surface area contributed by atoms with E-state index in [4.69, 9.17) is 16.3 Å². The summed E-state index contributed by atoms with van der Waals surface area (Å²) < 4.78 is 8.38. The van der Waals surface area contributed by atoms with Gasteiger partial charge in [-0.15, -0.1) is 0 Å². The number of carbonyl (C=O) groups is 1. The van der Waals surface area contributed by atoms with Gasteiger partial charge < -0.3 is 14.5 Å². The molecule has 3 heterocycles. The van der Waals surface area contributed by atoms with E-state index in [-0.39, 0.29) is 18.0 Å². The standard InChI is InChI=1S/C23H26ClN5O3/c1-16-7-8-18(14-19(16)32-3)26-10-12-27(13-11-26)21(31)15-29-17(2)22(24)23(25-29)28-9-5-4-6-20(28)30/h4-9,14H,10-13,15H2,1-3H3. The van der Waals surface area contributed by atoms with E-state index in [2.05, 4.69) is 16.1 Å². The first-order valence-corrected chi connectivity index (χ1v) is 10.8. The predicted octanol–water partition coefficient (Wildman–Crippen LogP) is 2.66. The summed E-state index contributed by atoms with van der Waals surface area (Å²) in [6, 6.07) is 11.0. The van der Waals surface area contributed by atoms with E-state index < -0.39 is 0 Å². The van der Waals surface area contributed by atoms with Gasteiger partial charge in [-0.3, -0.25) is 18.8 Å². The minimum atomic E-state index is -0.228. The number of pyridine rings is 1. The van der Waals surface area contributed by atoms with Gasteiger partial charge in [-0.25, -0.2) is 0 Å². The van der Waals surface area contributed by atoms with Crippen LogP contribution in [0.3, 0.4) is 0 Å². The summed E-state index contributed by atoms with van der Waals surface area (Å²) in [6.07, 6.45) is 1.61. The van der Waals surface area contributed by atoms with Crippen LogP contribution in [0, 0.1) is 13.8 Å². The van der Waals surface area contributed by atoms with Gasteiger partial charge in [0, 0.05) is 50.2 Å². The molecule has 1 aromatic carbocycles. The van der Waals surface area contributed by atoms with E-state index in [0.29, 0.717) is 29.6 Å². The highest BCUT2D eigenvalue weighted by Crippen LogP contribution is 2.26. The number of anilines is 1. The van der Waals surface area contributed by atoms with E-state index in [9.17, 15) is 9.59 Å². The molecule has 0 radical (unpaired) electrons. The Hall–Kier alpha value is -3.26. The normalized spacial score (nSPS) is 14.0. The summed E-state index contributed by atoms with van der Waals surface area (Å²) in [7, 11) is 1.67. The van der Waals surface area contributed by atoms with Crippen molar-refractivity contribution in [1.29, 1.82) is 0 Å². The number of hydrogen-bond acceptors (Lipinski definition) is 5. The fourth-order valence-electron chi connectivity index (χ4n) is 3.87. The van der Waals surface area contributed by atoms with E-state index in [1.165, 1.54) is 10.6 Å². The Morgan fingerprint density at radius 3 is 2.56 bits per heavy atom. The Balaban J connectivity index is 1.43. The average Bonchev–Trinajstić information content (AvgIpc) is 3.08. The minimum absolute atomic E-state index is 0.0274. The first-order valence-electron chi connectivity index (χ1n) is 10.5. The van der Waals surface area contributed by atoms with Crippen LogP contribution in [0.4, 0.5) is 5.69 Å². The van der Waals surface area contributed by atoms with E-state index in [1.54, 1.807) is 37.0 Å². The molecule has 1 amide bonds. The highest BCUT2D eigenvalue weighted by molar-refractivity contribution is 6.32. The molecule has 0 spiro atoms. The second kappa shape index (κ2) is 9.08. The lowest BCUT2D eigenvalue weighted by molar-refractivity contribution is -0.132. The van der Waals surface area contributed by atoms with Crippen LogP contribution >= 0.6 is 11.6 Å². The highest BCUT2D eigenvalue weighted by Gasteiger charge is 2.24. The van der Waals surface area contributed by atoms with Crippen molar-refractivity contribution in [1.82, 2.24) is 19.2 Å². The topological polar surface area (TPSA) is 72.6 Å². The number of ether oxygens (including phenoxy) is 1. The Labute approximate surface area is 191 Å². The summed E-state index contributed by atoms with van der Waals surface area (Å²) in [5.41, 5.74) is 2.60. The van der Waals surface area contributed by atoms with Crippen LogP contribution in [0.2, 0.25) is 5.02 Å². The van der Waals surface area contributed by atoms with Crippen LogP contribution in [-0.4, -0.2) is 58.4 Å². The quantitative estimate of drug-likeness (QED) is 0.591. The van der Waals surface area contributed by atoms with Crippen LogP contribution in [-0.2, 0) is 11.3 Å². The molecule has 0 saturated carbocycles. The van der Waals surface area contributed by atoms with Gasteiger partial charge in [0.2, 0.25) is 5.91 Å². The molecular formula is C23H26ClN5O3. The lowest BCUT2D eigenvalue weighted by Crippen LogP contribution is -2.49. The van der Waals surface area contributed by atoms with Crippen LogP contribution < -0.4 is 15.2 Å². The third-order valence-corrected chi connectivity index (χ3v) is 6.28. The van der Waals surface area contributed by atoms with Crippen molar-refractivity contribution in [3.05, 3.63) is 69.2 Å². The molecule has 1 fully saturated rings. The Morgan fingerprint density at radius 1 is 1.12 bits per heavy atom. The van der Waals surface area contributed by atoms with Crippen LogP contribution in [0.25, 0.3) is 5.82 Å². The molecule has 3 aromatic rings. The first-order chi connectivity index (χ1) is 15.4. The number of piperazine rings is 1. The zero-order chi connectivity index (χ0) is 22.8. The fourth-order valence-corrected chi connectivity index (χ4v) is 4.09. The van der Waals surface area contributed by atoms with Crippen molar-refractivity contribution in [2.45, 2.75) is 20.4 Å². The molecule has 168 valence electrons. The Bertz CT molecular complexity index is 1190. The molecule has 1 aliphatic rings. The zero-order valence-electron chi connectivity index (χ0n) is 18.4. The number of aromatic nitrogens is 3. The number of carbonyl (C=O) groups excluding carboxylic acids is 1. The van der Waals surface area contributed by atoms with Gasteiger partial charge in [-0.05, 0) is 31.5 Å². The Kier molecular flexibility index (Phi) is 6.23. The molecule has 0 bridgehead atoms. The van der Waals surface area contributed by atoms with Crippen molar-refractivity contribution < 1.29 is 9.53 Å². The number of hydrogen-bond donors (Lipinski definition) is 0. The molecule has 9 heteroatoms. The SMILES string of the molecule is COc1cc(N2CCN(C(=O)Cn3nc(-n4ccccc4=O)c(Cl)c3C)CC2)ccc1C. The number of amides is 1. The molecule has 1 saturated heterocycles. The van der Waals surface area contributed by atoms with Gasteiger partial charge in [-0.2, -0.15) is 5.10 Å². The largest absolute Gasteiger partial charge is 0.496 e. The highest BCUT2D eigenvalue weighted by atomic mass is 35.5. The molecular weight excluding hydrogens is 430 g/mol. The van der Waals surface area contributed by atoms with E-state index in [1.807, 2.05) is 24.0 Å². The monoisotopic (exact) mass is 455 g/mol. The molecule has 0 N–H and O–H groups in total. The van der Waals surface area contributed by atoms with Crippen molar-refractivity contribution in [2.75, 3.05) is 38.2 Å². The van der Waals surface area contributed by atoms with Gasteiger partial charge in [-0.1, -0.05) is 23.7 Å². The summed E-state index contributed by atoms with van der Waals surface area (Å²) in [5.74, 6) is 1.17. The molecule has 1 aliphatic heterocycles. The number of nitrogens with zero attached hydrogens (tertiary/aromatic N) is 5. The lowest BCUT2D eigenvalue weighted by atomic mass is 10.1. The second-order valence-corrected chi connectivity index (χ2v) is 8.19. The number of aryl methyl sites for hydroxylation is 1. The third kappa shape index (κ3) is 4.23. The maximum atomic E-state index is 12.9. The molecule has 8 nitrogen and oxygen atoms in total. The number of rotatable bonds is 5. The molecule has 0 aliphatic carbocycles. The molecule has 0 unspecified atom stereocenters. The van der Waals surface area contributed by atoms with Crippen molar-refractivity contribution in [2.24, 2.45) is 0 Å². The lowest BCUT2D eigenvalue weighted by Gasteiger charge is -2.36. The first kappa shape index (κ1) is 22.0. The van der Waals surface area contributed by atoms with Crippen LogP contribution in [0.15, 0.2) is 47.4 Å².